The number of likely N-dealkylation sites (tertiary alicyclic amines) is 1. The Balaban J connectivity index is 1.94. The average molecular weight is 263 g/mol. The van der Waals surface area contributed by atoms with E-state index < -0.39 is 0 Å². The molecule has 2 rings (SSSR count). The third-order valence-corrected chi connectivity index (χ3v) is 3.65. The van der Waals surface area contributed by atoms with E-state index in [-0.39, 0.29) is 31.4 Å². The summed E-state index contributed by atoms with van der Waals surface area (Å²) in [6.45, 7) is 2.29. The lowest BCUT2D eigenvalue weighted by atomic mass is 9.97. The second-order valence-corrected chi connectivity index (χ2v) is 5.06. The maximum absolute atomic E-state index is 12.1. The zero-order valence-corrected chi connectivity index (χ0v) is 11.3. The molecule has 0 spiro atoms. The largest absolute Gasteiger partial charge is 0.445 e. The number of hydrogen-bond donors (Lipinski definition) is 1. The Morgan fingerprint density at radius 2 is 2.11 bits per heavy atom. The van der Waals surface area contributed by atoms with Crippen molar-refractivity contribution in [1.82, 2.24) is 4.90 Å². The molecule has 1 fully saturated rings. The van der Waals surface area contributed by atoms with Crippen LogP contribution in [0.1, 0.15) is 31.7 Å². The number of benzene rings is 1. The number of carbonyl (C=O) groups excluding carboxylic acids is 1. The van der Waals surface area contributed by atoms with E-state index in [1.54, 1.807) is 4.90 Å². The van der Waals surface area contributed by atoms with Gasteiger partial charge in [0.25, 0.3) is 0 Å². The number of aliphatic hydroxyl groups excluding tert-OH is 1. The quantitative estimate of drug-likeness (QED) is 0.911. The number of amides is 1. The van der Waals surface area contributed by atoms with Gasteiger partial charge in [0, 0.05) is 6.04 Å². The maximum Gasteiger partial charge on any atom is 0.410 e. The van der Waals surface area contributed by atoms with Crippen molar-refractivity contribution in [2.45, 2.75) is 44.9 Å². The van der Waals surface area contributed by atoms with Crippen LogP contribution in [0, 0.1) is 0 Å². The highest BCUT2D eigenvalue weighted by Crippen LogP contribution is 2.23. The third-order valence-electron chi connectivity index (χ3n) is 3.65. The van der Waals surface area contributed by atoms with Crippen molar-refractivity contribution in [1.29, 1.82) is 0 Å². The van der Waals surface area contributed by atoms with Crippen LogP contribution in [0.2, 0.25) is 0 Å². The summed E-state index contributed by atoms with van der Waals surface area (Å²) in [4.78, 5) is 13.8. The molecule has 0 aromatic heterocycles. The molecular weight excluding hydrogens is 242 g/mol. The van der Waals surface area contributed by atoms with Crippen molar-refractivity contribution >= 4 is 6.09 Å². The van der Waals surface area contributed by atoms with Gasteiger partial charge >= 0.3 is 6.09 Å². The molecule has 2 atom stereocenters. The lowest BCUT2D eigenvalue weighted by molar-refractivity contribution is 0.0277. The molecule has 4 heteroatoms. The zero-order chi connectivity index (χ0) is 13.7. The number of piperidine rings is 1. The van der Waals surface area contributed by atoms with Gasteiger partial charge in [-0.2, -0.15) is 0 Å². The van der Waals surface area contributed by atoms with Gasteiger partial charge in [0.2, 0.25) is 0 Å². The van der Waals surface area contributed by atoms with E-state index in [1.165, 1.54) is 0 Å². The average Bonchev–Trinajstić information content (AvgIpc) is 2.45. The standard InChI is InChI=1S/C15H21NO3/c1-12-6-5-9-14(10-17)16(12)15(18)19-11-13-7-3-2-4-8-13/h2-4,7-8,12,14,17H,5-6,9-11H2,1H3/t12-,14-/m1/s1. The van der Waals surface area contributed by atoms with Gasteiger partial charge in [0.1, 0.15) is 6.61 Å². The molecular formula is C15H21NO3. The summed E-state index contributed by atoms with van der Waals surface area (Å²) in [5, 5.41) is 9.36. The molecule has 1 saturated heterocycles. The van der Waals surface area contributed by atoms with Gasteiger partial charge in [-0.15, -0.1) is 0 Å². The fourth-order valence-electron chi connectivity index (χ4n) is 2.59. The molecule has 0 radical (unpaired) electrons. The summed E-state index contributed by atoms with van der Waals surface area (Å²) < 4.78 is 5.35. The first kappa shape index (κ1) is 13.9. The normalized spacial score (nSPS) is 23.2. The fraction of sp³-hybridized carbons (Fsp3) is 0.533. The summed E-state index contributed by atoms with van der Waals surface area (Å²) in [7, 11) is 0. The van der Waals surface area contributed by atoms with Gasteiger partial charge in [-0.25, -0.2) is 4.79 Å². The number of ether oxygens (including phenoxy) is 1. The highest BCUT2D eigenvalue weighted by molar-refractivity contribution is 5.68. The zero-order valence-electron chi connectivity index (χ0n) is 11.3. The van der Waals surface area contributed by atoms with Gasteiger partial charge in [0.15, 0.2) is 0 Å². The summed E-state index contributed by atoms with van der Waals surface area (Å²) in [6, 6.07) is 9.65. The van der Waals surface area contributed by atoms with Gasteiger partial charge in [-0.3, -0.25) is 0 Å². The molecule has 0 unspecified atom stereocenters. The Kier molecular flexibility index (Phi) is 4.80. The number of aliphatic hydroxyl groups is 1. The smallest absolute Gasteiger partial charge is 0.410 e. The van der Waals surface area contributed by atoms with Crippen molar-refractivity contribution in [3.8, 4) is 0 Å². The summed E-state index contributed by atoms with van der Waals surface area (Å²) >= 11 is 0. The Hall–Kier alpha value is -1.55. The van der Waals surface area contributed by atoms with Crippen LogP contribution in [0.5, 0.6) is 0 Å². The Bertz CT molecular complexity index is 407. The van der Waals surface area contributed by atoms with E-state index in [4.69, 9.17) is 4.74 Å². The van der Waals surface area contributed by atoms with Crippen LogP contribution in [-0.2, 0) is 11.3 Å². The van der Waals surface area contributed by atoms with Crippen molar-refractivity contribution in [3.63, 3.8) is 0 Å². The molecule has 1 aromatic rings. The molecule has 19 heavy (non-hydrogen) atoms. The number of nitrogens with zero attached hydrogens (tertiary/aromatic N) is 1. The minimum atomic E-state index is -0.324. The van der Waals surface area contributed by atoms with Crippen molar-refractivity contribution in [2.24, 2.45) is 0 Å². The maximum atomic E-state index is 12.1. The van der Waals surface area contributed by atoms with Gasteiger partial charge < -0.3 is 14.7 Å². The van der Waals surface area contributed by atoms with E-state index in [0.717, 1.165) is 24.8 Å². The second-order valence-electron chi connectivity index (χ2n) is 5.06. The summed E-state index contributed by atoms with van der Waals surface area (Å²) in [5.41, 5.74) is 0.973. The summed E-state index contributed by atoms with van der Waals surface area (Å²) in [6.07, 6.45) is 2.54. The topological polar surface area (TPSA) is 49.8 Å². The minimum Gasteiger partial charge on any atom is -0.445 e. The molecule has 0 aliphatic carbocycles. The SMILES string of the molecule is C[C@@H]1CCC[C@H](CO)N1C(=O)OCc1ccccc1. The highest BCUT2D eigenvalue weighted by atomic mass is 16.6. The van der Waals surface area contributed by atoms with Crippen LogP contribution < -0.4 is 0 Å². The van der Waals surface area contributed by atoms with Crippen LogP contribution in [0.4, 0.5) is 4.79 Å². The number of rotatable bonds is 3. The van der Waals surface area contributed by atoms with E-state index in [2.05, 4.69) is 0 Å². The van der Waals surface area contributed by atoms with Gasteiger partial charge in [0.05, 0.1) is 12.6 Å². The lowest BCUT2D eigenvalue weighted by Crippen LogP contribution is -2.50. The first-order chi connectivity index (χ1) is 9.22. The van der Waals surface area contributed by atoms with Crippen LogP contribution in [0.25, 0.3) is 0 Å². The van der Waals surface area contributed by atoms with E-state index in [0.29, 0.717) is 0 Å². The highest BCUT2D eigenvalue weighted by Gasteiger charge is 2.32. The molecule has 0 bridgehead atoms. The van der Waals surface area contributed by atoms with Crippen molar-refractivity contribution in [2.75, 3.05) is 6.61 Å². The Morgan fingerprint density at radius 1 is 1.37 bits per heavy atom. The van der Waals surface area contributed by atoms with E-state index in [9.17, 15) is 9.90 Å². The predicted molar refractivity (Wildman–Crippen MR) is 72.7 cm³/mol. The number of hydrogen-bond acceptors (Lipinski definition) is 3. The first-order valence-corrected chi connectivity index (χ1v) is 6.82. The molecule has 1 aliphatic rings. The van der Waals surface area contributed by atoms with Gasteiger partial charge in [-0.1, -0.05) is 30.3 Å². The molecule has 1 N–H and O–H groups in total. The van der Waals surface area contributed by atoms with Crippen LogP contribution >= 0.6 is 0 Å². The van der Waals surface area contributed by atoms with Gasteiger partial charge in [-0.05, 0) is 31.7 Å². The molecule has 1 heterocycles. The fourth-order valence-corrected chi connectivity index (χ4v) is 2.59. The van der Waals surface area contributed by atoms with Crippen molar-refractivity contribution in [3.05, 3.63) is 35.9 Å². The van der Waals surface area contributed by atoms with Crippen LogP contribution in [-0.4, -0.2) is 34.8 Å². The molecule has 4 nitrogen and oxygen atoms in total. The molecule has 0 saturated carbocycles. The minimum absolute atomic E-state index is 0.00474. The Morgan fingerprint density at radius 3 is 2.79 bits per heavy atom. The first-order valence-electron chi connectivity index (χ1n) is 6.82. The van der Waals surface area contributed by atoms with E-state index in [1.807, 2.05) is 37.3 Å². The monoisotopic (exact) mass is 263 g/mol. The van der Waals surface area contributed by atoms with Crippen LogP contribution in [0.15, 0.2) is 30.3 Å². The van der Waals surface area contributed by atoms with Crippen LogP contribution in [0.3, 0.4) is 0 Å². The third kappa shape index (κ3) is 3.47. The van der Waals surface area contributed by atoms with E-state index >= 15 is 0 Å². The molecule has 1 aromatic carbocycles. The van der Waals surface area contributed by atoms with Crippen molar-refractivity contribution < 1.29 is 14.6 Å². The lowest BCUT2D eigenvalue weighted by Gasteiger charge is -2.38. The second kappa shape index (κ2) is 6.57. The molecule has 1 amide bonds. The molecule has 1 aliphatic heterocycles. The number of carbonyl (C=O) groups is 1. The Labute approximate surface area is 114 Å². The predicted octanol–water partition coefficient (Wildman–Crippen LogP) is 2.56. The molecule has 104 valence electrons. The summed E-state index contributed by atoms with van der Waals surface area (Å²) in [5.74, 6) is 0.